The van der Waals surface area contributed by atoms with Gasteiger partial charge in [0.1, 0.15) is 5.75 Å². The number of hydrogen-bond acceptors (Lipinski definition) is 3. The first-order valence-corrected chi connectivity index (χ1v) is 7.86. The van der Waals surface area contributed by atoms with E-state index in [-0.39, 0.29) is 11.8 Å². The summed E-state index contributed by atoms with van der Waals surface area (Å²) >= 11 is 0. The molecule has 2 heterocycles. The molecule has 0 saturated carbocycles. The lowest BCUT2D eigenvalue weighted by atomic mass is 10.0. The first-order valence-electron chi connectivity index (χ1n) is 7.86. The van der Waals surface area contributed by atoms with Crippen molar-refractivity contribution >= 4 is 0 Å². The van der Waals surface area contributed by atoms with Gasteiger partial charge in [-0.1, -0.05) is 12.1 Å². The van der Waals surface area contributed by atoms with E-state index in [1.807, 2.05) is 29.9 Å². The third-order valence-electron chi connectivity index (χ3n) is 4.21. The normalized spacial score (nSPS) is 17.7. The zero-order valence-corrected chi connectivity index (χ0v) is 13.4. The van der Waals surface area contributed by atoms with Crippen molar-refractivity contribution in [3.63, 3.8) is 0 Å². The maximum Gasteiger partial charge on any atom is 0.573 e. The molecule has 0 amide bonds. The van der Waals surface area contributed by atoms with Crippen LogP contribution in [0.25, 0.3) is 0 Å². The van der Waals surface area contributed by atoms with E-state index in [1.165, 1.54) is 12.1 Å². The Bertz CT molecular complexity index is 660. The predicted octanol–water partition coefficient (Wildman–Crippen LogP) is 2.92. The molecule has 2 aromatic rings. The highest BCUT2D eigenvalue weighted by Crippen LogP contribution is 2.31. The van der Waals surface area contributed by atoms with Crippen LogP contribution in [-0.4, -0.2) is 42.0 Å². The average Bonchev–Trinajstić information content (AvgIpc) is 2.95. The summed E-state index contributed by atoms with van der Waals surface area (Å²) in [6, 6.07) is 10.2. The van der Waals surface area contributed by atoms with Gasteiger partial charge in [-0.3, -0.25) is 4.90 Å². The first-order chi connectivity index (χ1) is 11.4. The van der Waals surface area contributed by atoms with Crippen LogP contribution in [0.1, 0.15) is 17.3 Å². The van der Waals surface area contributed by atoms with Crippen LogP contribution in [0.5, 0.6) is 5.75 Å². The molecule has 3 rings (SSSR count). The minimum atomic E-state index is -4.67. The maximum absolute atomic E-state index is 12.3. The molecule has 130 valence electrons. The van der Waals surface area contributed by atoms with Crippen molar-refractivity contribution in [1.82, 2.24) is 14.8 Å². The van der Waals surface area contributed by atoms with Crippen molar-refractivity contribution in [3.05, 3.63) is 53.9 Å². The van der Waals surface area contributed by atoms with E-state index in [2.05, 4.69) is 15.0 Å². The summed E-state index contributed by atoms with van der Waals surface area (Å²) in [6.07, 6.45) is -2.69. The molecule has 4 nitrogen and oxygen atoms in total. The van der Waals surface area contributed by atoms with Gasteiger partial charge in [-0.2, -0.15) is 0 Å². The van der Waals surface area contributed by atoms with E-state index in [9.17, 15) is 13.2 Å². The van der Waals surface area contributed by atoms with Crippen molar-refractivity contribution in [2.24, 2.45) is 7.05 Å². The molecule has 0 unspecified atom stereocenters. The van der Waals surface area contributed by atoms with E-state index >= 15 is 0 Å². The lowest BCUT2D eigenvalue weighted by Gasteiger charge is -2.35. The van der Waals surface area contributed by atoms with Crippen LogP contribution >= 0.6 is 0 Å². The Kier molecular flexibility index (Phi) is 4.82. The topological polar surface area (TPSA) is 29.4 Å². The monoisotopic (exact) mass is 339 g/mol. The third-order valence-corrected chi connectivity index (χ3v) is 4.21. The summed E-state index contributed by atoms with van der Waals surface area (Å²) in [5.41, 5.74) is 2.06. The number of alkyl halides is 3. The molecule has 1 N–H and O–H groups in total. The van der Waals surface area contributed by atoms with Gasteiger partial charge in [0.2, 0.25) is 0 Å². The first kappa shape index (κ1) is 16.9. The molecule has 0 spiro atoms. The molecule has 7 heteroatoms. The Morgan fingerprint density at radius 3 is 2.29 bits per heavy atom. The second-order valence-electron chi connectivity index (χ2n) is 5.85. The molecule has 0 aliphatic carbocycles. The van der Waals surface area contributed by atoms with Crippen LogP contribution < -0.4 is 10.1 Å². The van der Waals surface area contributed by atoms with E-state index in [0.717, 1.165) is 37.4 Å². The van der Waals surface area contributed by atoms with Crippen LogP contribution in [0.2, 0.25) is 0 Å². The fourth-order valence-corrected chi connectivity index (χ4v) is 3.12. The summed E-state index contributed by atoms with van der Waals surface area (Å²) in [6.45, 7) is 3.57. The second kappa shape index (κ2) is 6.86. The number of aryl methyl sites for hydroxylation is 1. The van der Waals surface area contributed by atoms with Crippen molar-refractivity contribution in [3.8, 4) is 5.75 Å². The van der Waals surface area contributed by atoms with Crippen LogP contribution in [0.15, 0.2) is 42.6 Å². The molecule has 1 fully saturated rings. The van der Waals surface area contributed by atoms with Gasteiger partial charge in [-0.15, -0.1) is 13.2 Å². The minimum Gasteiger partial charge on any atom is -0.406 e. The summed E-state index contributed by atoms with van der Waals surface area (Å²) in [5.74, 6) is -0.197. The quantitative estimate of drug-likeness (QED) is 0.929. The Balaban J connectivity index is 1.89. The van der Waals surface area contributed by atoms with Crippen molar-refractivity contribution < 1.29 is 17.9 Å². The molecule has 0 radical (unpaired) electrons. The van der Waals surface area contributed by atoms with Gasteiger partial charge in [0, 0.05) is 45.1 Å². The standard InChI is InChI=1S/C17H20F3N3O/c1-22-10-2-3-15(22)16(23-11-8-21-9-12-23)13-4-6-14(7-5-13)24-17(18,19)20/h2-7,10,16,21H,8-9,11-12H2,1H3/t16-/m0/s1. The third kappa shape index (κ3) is 3.91. The molecule has 1 aliphatic heterocycles. The van der Waals surface area contributed by atoms with E-state index in [4.69, 9.17) is 0 Å². The largest absolute Gasteiger partial charge is 0.573 e. The second-order valence-corrected chi connectivity index (χ2v) is 5.85. The lowest BCUT2D eigenvalue weighted by molar-refractivity contribution is -0.274. The summed E-state index contributed by atoms with van der Waals surface area (Å²) in [5, 5.41) is 3.32. The fraction of sp³-hybridized carbons (Fsp3) is 0.412. The van der Waals surface area contributed by atoms with Gasteiger partial charge in [-0.05, 0) is 29.8 Å². The zero-order chi connectivity index (χ0) is 17.2. The van der Waals surface area contributed by atoms with E-state index in [0.29, 0.717) is 0 Å². The molecule has 24 heavy (non-hydrogen) atoms. The summed E-state index contributed by atoms with van der Waals surface area (Å²) in [7, 11) is 1.98. The van der Waals surface area contributed by atoms with Crippen LogP contribution in [0.4, 0.5) is 13.2 Å². The maximum atomic E-state index is 12.3. The van der Waals surface area contributed by atoms with Gasteiger partial charge in [0.15, 0.2) is 0 Å². The molecule has 1 aromatic heterocycles. The highest BCUT2D eigenvalue weighted by atomic mass is 19.4. The van der Waals surface area contributed by atoms with Crippen LogP contribution in [0, 0.1) is 0 Å². The van der Waals surface area contributed by atoms with Gasteiger partial charge in [0.25, 0.3) is 0 Å². The minimum absolute atomic E-state index is 0.00652. The van der Waals surface area contributed by atoms with Crippen molar-refractivity contribution in [2.75, 3.05) is 26.2 Å². The molecular formula is C17H20F3N3O. The number of rotatable bonds is 4. The fourth-order valence-electron chi connectivity index (χ4n) is 3.12. The van der Waals surface area contributed by atoms with Crippen LogP contribution in [0.3, 0.4) is 0 Å². The van der Waals surface area contributed by atoms with Crippen molar-refractivity contribution in [2.45, 2.75) is 12.4 Å². The number of ether oxygens (including phenoxy) is 1. The molecule has 1 aromatic carbocycles. The Hall–Kier alpha value is -1.99. The average molecular weight is 339 g/mol. The smallest absolute Gasteiger partial charge is 0.406 e. The predicted molar refractivity (Wildman–Crippen MR) is 84.8 cm³/mol. The molecule has 1 saturated heterocycles. The van der Waals surface area contributed by atoms with Gasteiger partial charge < -0.3 is 14.6 Å². The highest BCUT2D eigenvalue weighted by molar-refractivity contribution is 5.34. The molecular weight excluding hydrogens is 319 g/mol. The van der Waals surface area contributed by atoms with Gasteiger partial charge in [0.05, 0.1) is 6.04 Å². The van der Waals surface area contributed by atoms with Crippen molar-refractivity contribution in [1.29, 1.82) is 0 Å². The van der Waals surface area contributed by atoms with Crippen LogP contribution in [-0.2, 0) is 7.05 Å². The molecule has 0 bridgehead atoms. The molecule has 1 aliphatic rings. The van der Waals surface area contributed by atoms with E-state index < -0.39 is 6.36 Å². The number of aromatic nitrogens is 1. The number of hydrogen-bond donors (Lipinski definition) is 1. The number of nitrogens with zero attached hydrogens (tertiary/aromatic N) is 2. The Labute approximate surface area is 138 Å². The summed E-state index contributed by atoms with van der Waals surface area (Å²) < 4.78 is 43.0. The summed E-state index contributed by atoms with van der Waals surface area (Å²) in [4.78, 5) is 2.34. The Morgan fingerprint density at radius 2 is 1.75 bits per heavy atom. The SMILES string of the molecule is Cn1cccc1[C@H](c1ccc(OC(F)(F)F)cc1)N1CCNCC1. The highest BCUT2D eigenvalue weighted by Gasteiger charge is 2.31. The van der Waals surface area contributed by atoms with E-state index in [1.54, 1.807) is 12.1 Å². The number of halogens is 3. The number of benzene rings is 1. The van der Waals surface area contributed by atoms with Gasteiger partial charge in [-0.25, -0.2) is 0 Å². The molecule has 1 atom stereocenters. The zero-order valence-electron chi connectivity index (χ0n) is 13.4. The number of nitrogens with one attached hydrogen (secondary N) is 1. The Morgan fingerprint density at radius 1 is 1.08 bits per heavy atom. The lowest BCUT2D eigenvalue weighted by Crippen LogP contribution is -2.45. The number of piperazine rings is 1. The van der Waals surface area contributed by atoms with Gasteiger partial charge >= 0.3 is 6.36 Å².